The molecule has 4 rings (SSSR count). The number of alkyl halides is 1. The second-order valence-electron chi connectivity index (χ2n) is 7.21. The molecule has 0 bridgehead atoms. The third-order valence-corrected chi connectivity index (χ3v) is 5.00. The van der Waals surface area contributed by atoms with Crippen LogP contribution < -0.4 is 5.32 Å². The van der Waals surface area contributed by atoms with Gasteiger partial charge in [-0.2, -0.15) is 5.10 Å². The van der Waals surface area contributed by atoms with Crippen LogP contribution in [-0.4, -0.2) is 21.2 Å². The van der Waals surface area contributed by atoms with Gasteiger partial charge < -0.3 is 10.4 Å². The zero-order valence-corrected chi connectivity index (χ0v) is 16.1. The van der Waals surface area contributed by atoms with Crippen molar-refractivity contribution in [2.75, 3.05) is 5.32 Å². The number of fused-ring (bicyclic) bond motifs is 1. The highest BCUT2D eigenvalue weighted by Crippen LogP contribution is 2.32. The topological polar surface area (TPSA) is 50.1 Å². The van der Waals surface area contributed by atoms with Crippen LogP contribution in [0, 0.1) is 23.3 Å². The number of halogens is 5. The van der Waals surface area contributed by atoms with Crippen molar-refractivity contribution in [1.29, 1.82) is 0 Å². The fourth-order valence-electron chi connectivity index (χ4n) is 3.23. The molecule has 0 saturated heterocycles. The smallest absolute Gasteiger partial charge is 0.203 e. The first-order valence-corrected chi connectivity index (χ1v) is 9.18. The second-order valence-corrected chi connectivity index (χ2v) is 7.21. The summed E-state index contributed by atoms with van der Waals surface area (Å²) in [4.78, 5) is 0. The number of hydrogen-bond donors (Lipinski definition) is 2. The lowest BCUT2D eigenvalue weighted by atomic mass is 9.93. The predicted octanol–water partition coefficient (Wildman–Crippen LogP) is 5.20. The van der Waals surface area contributed by atoms with Gasteiger partial charge in [0, 0.05) is 17.5 Å². The molecule has 31 heavy (non-hydrogen) atoms. The van der Waals surface area contributed by atoms with Crippen LogP contribution >= 0.6 is 0 Å². The van der Waals surface area contributed by atoms with E-state index in [1.165, 1.54) is 30.5 Å². The molecule has 0 amide bonds. The van der Waals surface area contributed by atoms with Crippen LogP contribution in [-0.2, 0) is 5.60 Å². The van der Waals surface area contributed by atoms with Crippen molar-refractivity contribution in [3.63, 3.8) is 0 Å². The molecule has 2 N–H and O–H groups in total. The Morgan fingerprint density at radius 1 is 0.935 bits per heavy atom. The maximum Gasteiger partial charge on any atom is 0.203 e. The lowest BCUT2D eigenvalue weighted by molar-refractivity contribution is -0.0119. The van der Waals surface area contributed by atoms with Crippen molar-refractivity contribution in [1.82, 2.24) is 9.78 Å². The van der Waals surface area contributed by atoms with Gasteiger partial charge in [0.25, 0.3) is 0 Å². The van der Waals surface area contributed by atoms with Crippen LogP contribution in [0.2, 0.25) is 0 Å². The van der Waals surface area contributed by atoms with Crippen LogP contribution in [0.25, 0.3) is 16.6 Å². The molecule has 0 aliphatic heterocycles. The van der Waals surface area contributed by atoms with Gasteiger partial charge in [0.05, 0.1) is 17.4 Å². The van der Waals surface area contributed by atoms with Gasteiger partial charge in [0.2, 0.25) is 6.30 Å². The van der Waals surface area contributed by atoms with E-state index in [1.54, 1.807) is 22.9 Å². The first kappa shape index (κ1) is 20.8. The van der Waals surface area contributed by atoms with E-state index in [9.17, 15) is 27.1 Å². The number of nitrogens with zero attached hydrogens (tertiary/aromatic N) is 2. The maximum atomic E-state index is 14.9. The Kier molecular flexibility index (Phi) is 5.14. The molecule has 4 nitrogen and oxygen atoms in total. The number of benzene rings is 3. The van der Waals surface area contributed by atoms with Gasteiger partial charge >= 0.3 is 0 Å². The SMILES string of the molecule is CC(O)(c1ccc2c(cnn2-c2ccc(F)cc2)c1)C(F)Nc1c(F)cc(F)cc1F. The summed E-state index contributed by atoms with van der Waals surface area (Å²) in [5.41, 5.74) is -1.76. The maximum absolute atomic E-state index is 14.9. The first-order valence-electron chi connectivity index (χ1n) is 9.18. The van der Waals surface area contributed by atoms with Gasteiger partial charge in [-0.1, -0.05) is 6.07 Å². The quantitative estimate of drug-likeness (QED) is 0.336. The molecule has 2 atom stereocenters. The molecule has 1 aromatic heterocycles. The number of rotatable bonds is 5. The summed E-state index contributed by atoms with van der Waals surface area (Å²) in [6, 6.07) is 11.0. The third kappa shape index (κ3) is 3.84. The molecule has 0 fully saturated rings. The number of hydrogen-bond acceptors (Lipinski definition) is 3. The van der Waals surface area contributed by atoms with Gasteiger partial charge in [-0.15, -0.1) is 0 Å². The van der Waals surface area contributed by atoms with Crippen LogP contribution in [0.5, 0.6) is 0 Å². The normalized spacial score (nSPS) is 14.4. The number of anilines is 1. The standard InChI is InChI=1S/C22H16F5N3O/c1-22(31,21(27)29-20-17(25)9-15(24)10-18(20)26)13-2-7-19-12(8-13)11-28-30(19)16-5-3-14(23)4-6-16/h2-11,21,29,31H,1H3. The Balaban J connectivity index is 1.65. The largest absolute Gasteiger partial charge is 0.380 e. The predicted molar refractivity (Wildman–Crippen MR) is 105 cm³/mol. The Bertz CT molecular complexity index is 1230. The summed E-state index contributed by atoms with van der Waals surface area (Å²) in [6.45, 7) is 1.13. The van der Waals surface area contributed by atoms with Crippen molar-refractivity contribution in [3.05, 3.63) is 89.6 Å². The minimum Gasteiger partial charge on any atom is -0.380 e. The Hall–Kier alpha value is -3.46. The molecule has 1 heterocycles. The van der Waals surface area contributed by atoms with Gasteiger partial charge in [0.1, 0.15) is 22.9 Å². The summed E-state index contributed by atoms with van der Waals surface area (Å²) >= 11 is 0. The van der Waals surface area contributed by atoms with E-state index in [0.29, 0.717) is 28.7 Å². The molecular weight excluding hydrogens is 417 g/mol. The zero-order chi connectivity index (χ0) is 22.3. The van der Waals surface area contributed by atoms with E-state index in [2.05, 4.69) is 5.10 Å². The van der Waals surface area contributed by atoms with Crippen LogP contribution in [0.15, 0.2) is 60.8 Å². The highest BCUT2D eigenvalue weighted by Gasteiger charge is 2.35. The minimum absolute atomic E-state index is 0.113. The molecule has 0 aliphatic carbocycles. The fourth-order valence-corrected chi connectivity index (χ4v) is 3.23. The van der Waals surface area contributed by atoms with E-state index < -0.39 is 40.9 Å². The minimum atomic E-state index is -2.33. The first-order chi connectivity index (χ1) is 14.7. The van der Waals surface area contributed by atoms with E-state index >= 15 is 0 Å². The van der Waals surface area contributed by atoms with E-state index in [0.717, 1.165) is 6.92 Å². The van der Waals surface area contributed by atoms with Crippen molar-refractivity contribution in [2.45, 2.75) is 18.8 Å². The van der Waals surface area contributed by atoms with E-state index in [-0.39, 0.29) is 5.56 Å². The monoisotopic (exact) mass is 433 g/mol. The van der Waals surface area contributed by atoms with Gasteiger partial charge in [0.15, 0.2) is 11.6 Å². The Morgan fingerprint density at radius 2 is 1.58 bits per heavy atom. The molecule has 0 saturated carbocycles. The highest BCUT2D eigenvalue weighted by molar-refractivity contribution is 5.81. The van der Waals surface area contributed by atoms with E-state index in [4.69, 9.17) is 0 Å². The fraction of sp³-hybridized carbons (Fsp3) is 0.136. The Labute approximate surface area is 173 Å². The summed E-state index contributed by atoms with van der Waals surface area (Å²) < 4.78 is 70.3. The molecular formula is C22H16F5N3O. The van der Waals surface area contributed by atoms with Crippen molar-refractivity contribution in [3.8, 4) is 5.69 Å². The summed E-state index contributed by atoms with van der Waals surface area (Å²) in [5.74, 6) is -4.20. The van der Waals surface area contributed by atoms with Crippen molar-refractivity contribution >= 4 is 16.6 Å². The lowest BCUT2D eigenvalue weighted by Crippen LogP contribution is -2.39. The lowest BCUT2D eigenvalue weighted by Gasteiger charge is -2.29. The van der Waals surface area contributed by atoms with Crippen molar-refractivity contribution in [2.24, 2.45) is 0 Å². The summed E-state index contributed by atoms with van der Waals surface area (Å²) in [5, 5.41) is 17.5. The zero-order valence-electron chi connectivity index (χ0n) is 16.1. The van der Waals surface area contributed by atoms with Gasteiger partial charge in [-0.3, -0.25) is 0 Å². The third-order valence-electron chi connectivity index (χ3n) is 5.00. The molecule has 2 unspecified atom stereocenters. The molecule has 9 heteroatoms. The van der Waals surface area contributed by atoms with E-state index in [1.807, 2.05) is 5.32 Å². The molecule has 160 valence electrons. The second kappa shape index (κ2) is 7.66. The average molecular weight is 433 g/mol. The number of nitrogens with one attached hydrogen (secondary N) is 1. The van der Waals surface area contributed by atoms with Crippen LogP contribution in [0.4, 0.5) is 27.6 Å². The number of aromatic nitrogens is 2. The molecule has 0 radical (unpaired) electrons. The molecule has 0 aliphatic rings. The molecule has 0 spiro atoms. The molecule has 4 aromatic rings. The van der Waals surface area contributed by atoms with Crippen LogP contribution in [0.1, 0.15) is 12.5 Å². The average Bonchev–Trinajstić information content (AvgIpc) is 3.14. The highest BCUT2D eigenvalue weighted by atomic mass is 19.2. The Morgan fingerprint density at radius 3 is 2.23 bits per heavy atom. The molecule has 3 aromatic carbocycles. The summed E-state index contributed by atoms with van der Waals surface area (Å²) in [7, 11) is 0. The van der Waals surface area contributed by atoms with Gasteiger partial charge in [-0.05, 0) is 48.9 Å². The number of aliphatic hydroxyl groups is 1. The van der Waals surface area contributed by atoms with Crippen molar-refractivity contribution < 1.29 is 27.1 Å². The van der Waals surface area contributed by atoms with Gasteiger partial charge in [-0.25, -0.2) is 26.6 Å². The van der Waals surface area contributed by atoms with Crippen LogP contribution in [0.3, 0.4) is 0 Å². The summed E-state index contributed by atoms with van der Waals surface area (Å²) in [6.07, 6.45) is -0.843.